The second-order valence-corrected chi connectivity index (χ2v) is 16.3. The number of alkyl carbamates (subject to hydrolysis) is 1. The van der Waals surface area contributed by atoms with Gasteiger partial charge in [0.15, 0.2) is 0 Å². The molecule has 2 aromatic carbocycles. The second kappa shape index (κ2) is 18.1. The van der Waals surface area contributed by atoms with Gasteiger partial charge in [0.2, 0.25) is 5.91 Å². The average Bonchev–Trinajstić information content (AvgIpc) is 3.47. The summed E-state index contributed by atoms with van der Waals surface area (Å²) in [6, 6.07) is 15.9. The van der Waals surface area contributed by atoms with Crippen molar-refractivity contribution in [1.82, 2.24) is 19.8 Å². The lowest BCUT2D eigenvalue weighted by molar-refractivity contribution is -0.159. The maximum atomic E-state index is 13.6. The van der Waals surface area contributed by atoms with Crippen molar-refractivity contribution in [3.05, 3.63) is 129 Å². The zero-order chi connectivity index (χ0) is 42.3. The van der Waals surface area contributed by atoms with E-state index in [9.17, 15) is 28.5 Å². The summed E-state index contributed by atoms with van der Waals surface area (Å²) in [5.74, 6) is 4.00. The maximum absolute atomic E-state index is 13.6. The molecule has 2 aliphatic rings. The quantitative estimate of drug-likeness (QED) is 0.0899. The van der Waals surface area contributed by atoms with Gasteiger partial charge in [-0.1, -0.05) is 79.6 Å². The fourth-order valence-corrected chi connectivity index (χ4v) is 7.98. The third-order valence-electron chi connectivity index (χ3n) is 8.96. The van der Waals surface area contributed by atoms with Crippen molar-refractivity contribution in [2.24, 2.45) is 0 Å². The molecular weight excluding hydrogens is 767 g/mol. The lowest BCUT2D eigenvalue weighted by Gasteiger charge is -2.36. The first-order valence-electron chi connectivity index (χ1n) is 18.5. The van der Waals surface area contributed by atoms with Crippen molar-refractivity contribution < 1.29 is 42.0 Å². The molecule has 1 aliphatic heterocycles. The van der Waals surface area contributed by atoms with Gasteiger partial charge in [-0.3, -0.25) is 33.0 Å². The molecule has 0 radical (unpaired) electrons. The molecule has 1 aromatic heterocycles. The minimum atomic E-state index is -4.05. The van der Waals surface area contributed by atoms with Crippen LogP contribution in [0.25, 0.3) is 11.1 Å². The van der Waals surface area contributed by atoms with E-state index in [1.807, 2.05) is 48.5 Å². The summed E-state index contributed by atoms with van der Waals surface area (Å²) in [6.07, 6.45) is 3.28. The largest absolute Gasteiger partial charge is 0.530 e. The number of ether oxygens (including phenoxy) is 2. The molecule has 58 heavy (non-hydrogen) atoms. The van der Waals surface area contributed by atoms with Crippen LogP contribution in [0, 0.1) is 11.8 Å². The number of allylic oxidation sites excluding steroid dienone is 1. The van der Waals surface area contributed by atoms with E-state index in [2.05, 4.69) is 35.3 Å². The van der Waals surface area contributed by atoms with E-state index in [1.54, 1.807) is 34.6 Å². The number of amides is 2. The molecule has 16 heteroatoms. The molecule has 0 spiro atoms. The predicted molar refractivity (Wildman–Crippen MR) is 216 cm³/mol. The van der Waals surface area contributed by atoms with E-state index in [0.717, 1.165) is 37.9 Å². The van der Waals surface area contributed by atoms with Crippen LogP contribution in [0.15, 0.2) is 101 Å². The first kappa shape index (κ1) is 43.2. The van der Waals surface area contributed by atoms with Crippen molar-refractivity contribution in [3.8, 4) is 23.0 Å². The summed E-state index contributed by atoms with van der Waals surface area (Å²) < 4.78 is 41.6. The number of phosphoric acid groups is 1. The van der Waals surface area contributed by atoms with Gasteiger partial charge in [-0.25, -0.2) is 14.2 Å². The van der Waals surface area contributed by atoms with E-state index in [4.69, 9.17) is 23.0 Å². The highest BCUT2D eigenvalue weighted by Crippen LogP contribution is 2.59. The van der Waals surface area contributed by atoms with Crippen molar-refractivity contribution in [2.75, 3.05) is 32.8 Å². The van der Waals surface area contributed by atoms with E-state index in [-0.39, 0.29) is 50.0 Å². The molecule has 2 heterocycles. The van der Waals surface area contributed by atoms with Crippen LogP contribution >= 0.6 is 7.82 Å². The van der Waals surface area contributed by atoms with Gasteiger partial charge in [-0.15, -0.1) is 0 Å². The van der Waals surface area contributed by atoms with Crippen molar-refractivity contribution in [2.45, 2.75) is 64.7 Å². The van der Waals surface area contributed by atoms with Gasteiger partial charge < -0.3 is 24.2 Å². The van der Waals surface area contributed by atoms with Gasteiger partial charge in [0.1, 0.15) is 42.2 Å². The maximum Gasteiger partial charge on any atom is 0.530 e. The number of benzene rings is 2. The fraction of sp³-hybridized carbons (Fsp3) is 0.357. The molecule has 306 valence electrons. The number of nitrogens with zero attached hydrogens (tertiary/aromatic N) is 2. The number of rotatable bonds is 14. The van der Waals surface area contributed by atoms with Crippen LogP contribution in [-0.4, -0.2) is 76.5 Å². The Balaban J connectivity index is 1.20. The molecule has 0 saturated carbocycles. The number of nitrogens with one attached hydrogen (secondary N) is 2. The standard InChI is InChI=1S/C42H47N4O11P/c1-8-34-35(9-2)56-58(52,57-42(34,6)7)54-23-15-14-16-28-24-46(39(50)44-38(28)49)25-36(47)45(26-37(48)55-41(3,4)5)22-21-43-40(51)53-27-33-31-19-12-10-17-29(31)30-18-11-13-20-32(30)33/h8-13,17-20,24,33H,1-2,15,21-23,25-27H2,3-7H3,(H,43,51)(H,44,49,50). The Morgan fingerprint density at radius 1 is 1.05 bits per heavy atom. The molecule has 1 aliphatic carbocycles. The van der Waals surface area contributed by atoms with Gasteiger partial charge in [0.05, 0.1) is 6.61 Å². The Labute approximate surface area is 336 Å². The molecule has 0 saturated heterocycles. The van der Waals surface area contributed by atoms with E-state index in [0.29, 0.717) is 5.57 Å². The Kier molecular flexibility index (Phi) is 13.5. The third kappa shape index (κ3) is 10.7. The zero-order valence-electron chi connectivity index (χ0n) is 33.1. The molecule has 0 bridgehead atoms. The average molecular weight is 815 g/mol. The minimum Gasteiger partial charge on any atom is -0.459 e. The number of aromatic nitrogens is 2. The summed E-state index contributed by atoms with van der Waals surface area (Å²) in [6.45, 7) is 14.4. The number of aromatic amines is 1. The molecule has 3 aromatic rings. The van der Waals surface area contributed by atoms with Crippen LogP contribution in [0.2, 0.25) is 0 Å². The van der Waals surface area contributed by atoms with Crippen LogP contribution in [0.1, 0.15) is 63.6 Å². The monoisotopic (exact) mass is 814 g/mol. The number of carbonyl (C=O) groups is 3. The molecule has 2 amide bonds. The van der Waals surface area contributed by atoms with E-state index < -0.39 is 61.3 Å². The molecule has 1 unspecified atom stereocenters. The van der Waals surface area contributed by atoms with Gasteiger partial charge in [-0.05, 0) is 62.9 Å². The van der Waals surface area contributed by atoms with Gasteiger partial charge in [-0.2, -0.15) is 0 Å². The third-order valence-corrected chi connectivity index (χ3v) is 10.6. The predicted octanol–water partition coefficient (Wildman–Crippen LogP) is 5.56. The summed E-state index contributed by atoms with van der Waals surface area (Å²) in [7, 11) is -4.05. The van der Waals surface area contributed by atoms with Gasteiger partial charge in [0, 0.05) is 37.2 Å². The molecule has 15 nitrogen and oxygen atoms in total. The number of fused-ring (bicyclic) bond motifs is 3. The summed E-state index contributed by atoms with van der Waals surface area (Å²) >= 11 is 0. The van der Waals surface area contributed by atoms with E-state index in [1.165, 1.54) is 12.2 Å². The van der Waals surface area contributed by atoms with Crippen LogP contribution in [0.5, 0.6) is 0 Å². The number of carbonyl (C=O) groups excluding carboxylic acids is 3. The number of phosphoric ester groups is 1. The Hall–Kier alpha value is -5.94. The van der Waals surface area contributed by atoms with Crippen molar-refractivity contribution >= 4 is 25.8 Å². The highest BCUT2D eigenvalue weighted by molar-refractivity contribution is 7.48. The zero-order valence-corrected chi connectivity index (χ0v) is 34.0. The topological polar surface area (TPSA) is 185 Å². The number of esters is 1. The van der Waals surface area contributed by atoms with Crippen LogP contribution < -0.4 is 16.6 Å². The highest BCUT2D eigenvalue weighted by atomic mass is 31.2. The molecular formula is C42H47N4O11P. The molecule has 1 atom stereocenters. The Bertz CT molecular complexity index is 2310. The smallest absolute Gasteiger partial charge is 0.459 e. The molecule has 0 fully saturated rings. The summed E-state index contributed by atoms with van der Waals surface area (Å²) in [4.78, 5) is 67.8. The van der Waals surface area contributed by atoms with Crippen LogP contribution in [0.3, 0.4) is 0 Å². The van der Waals surface area contributed by atoms with Gasteiger partial charge in [0.25, 0.3) is 5.56 Å². The first-order valence-corrected chi connectivity index (χ1v) is 20.0. The molecule has 2 N–H and O–H groups in total. The lowest BCUT2D eigenvalue weighted by atomic mass is 9.97. The summed E-state index contributed by atoms with van der Waals surface area (Å²) in [5.41, 5.74) is 1.10. The van der Waals surface area contributed by atoms with Crippen molar-refractivity contribution in [1.29, 1.82) is 0 Å². The van der Waals surface area contributed by atoms with Crippen molar-refractivity contribution in [3.63, 3.8) is 0 Å². The summed E-state index contributed by atoms with van der Waals surface area (Å²) in [5, 5.41) is 2.63. The minimum absolute atomic E-state index is 0.0174. The first-order chi connectivity index (χ1) is 27.4. The second-order valence-electron chi connectivity index (χ2n) is 14.8. The highest BCUT2D eigenvalue weighted by Gasteiger charge is 2.44. The van der Waals surface area contributed by atoms with Gasteiger partial charge >= 0.3 is 25.6 Å². The Morgan fingerprint density at radius 3 is 2.33 bits per heavy atom. The Morgan fingerprint density at radius 2 is 1.71 bits per heavy atom. The SMILES string of the molecule is C=CC1=C(C=C)C(C)(C)OP(=O)(OCCC#Cc2cn(CC(=O)N(CCNC(=O)OCC3c4ccccc4-c4ccccc43)CC(=O)OC(C)(C)C)c(=O)[nH]c2=O)O1. The van der Waals surface area contributed by atoms with E-state index >= 15 is 0 Å². The number of hydrogen-bond acceptors (Lipinski definition) is 11. The van der Waals surface area contributed by atoms with Crippen LogP contribution in [-0.2, 0) is 43.7 Å². The molecule has 5 rings (SSSR count). The van der Waals surface area contributed by atoms with Crippen LogP contribution in [0.4, 0.5) is 4.79 Å². The lowest BCUT2D eigenvalue weighted by Crippen LogP contribution is -2.45. The number of hydrogen-bond donors (Lipinski definition) is 2. The normalized spacial score (nSPS) is 16.8. The number of H-pyrrole nitrogens is 1. The fourth-order valence-electron chi connectivity index (χ4n) is 6.45.